The van der Waals surface area contributed by atoms with Gasteiger partial charge in [0.1, 0.15) is 0 Å². The number of nitrogens with zero attached hydrogens (tertiary/aromatic N) is 1. The largest absolute Gasteiger partial charge is 0.396 e. The average molecular weight is 229 g/mol. The van der Waals surface area contributed by atoms with Crippen LogP contribution in [0.3, 0.4) is 0 Å². The predicted octanol–water partition coefficient (Wildman–Crippen LogP) is 3.28. The third-order valence-corrected chi connectivity index (χ3v) is 2.83. The van der Waals surface area contributed by atoms with Crippen LogP contribution in [0.1, 0.15) is 20.3 Å². The van der Waals surface area contributed by atoms with E-state index >= 15 is 0 Å². The van der Waals surface area contributed by atoms with E-state index in [1.807, 2.05) is 18.2 Å². The fraction of sp³-hybridized carbons (Fsp3) is 0.357. The van der Waals surface area contributed by atoms with Gasteiger partial charge in [0.2, 0.25) is 0 Å². The molecule has 0 bridgehead atoms. The summed E-state index contributed by atoms with van der Waals surface area (Å²) in [5, 5.41) is 4.52. The standard InChI is InChI=1S/C14H19N3/c1-10(2)7-8-16-14-11-5-3-4-6-13(11)17-9-12(14)15/h3-6,9-10H,7-8,15H2,1-2H3,(H,16,17). The monoisotopic (exact) mass is 229 g/mol. The molecule has 0 saturated heterocycles. The third kappa shape index (κ3) is 2.67. The summed E-state index contributed by atoms with van der Waals surface area (Å²) in [6.07, 6.45) is 2.86. The predicted molar refractivity (Wildman–Crippen MR) is 74.1 cm³/mol. The van der Waals surface area contributed by atoms with Crippen LogP contribution in [0.25, 0.3) is 10.9 Å². The summed E-state index contributed by atoms with van der Waals surface area (Å²) < 4.78 is 0. The SMILES string of the molecule is CC(C)CCNc1c(N)cnc2ccccc12. The van der Waals surface area contributed by atoms with Gasteiger partial charge >= 0.3 is 0 Å². The van der Waals surface area contributed by atoms with Crippen LogP contribution in [0.4, 0.5) is 11.4 Å². The number of fused-ring (bicyclic) bond motifs is 1. The molecule has 0 aliphatic carbocycles. The van der Waals surface area contributed by atoms with E-state index < -0.39 is 0 Å². The second kappa shape index (κ2) is 5.04. The summed E-state index contributed by atoms with van der Waals surface area (Å²) in [7, 11) is 0. The molecular weight excluding hydrogens is 210 g/mol. The van der Waals surface area contributed by atoms with Gasteiger partial charge in [-0.05, 0) is 18.4 Å². The van der Waals surface area contributed by atoms with E-state index in [9.17, 15) is 0 Å². The van der Waals surface area contributed by atoms with E-state index in [2.05, 4.69) is 30.2 Å². The van der Waals surface area contributed by atoms with E-state index in [1.165, 1.54) is 0 Å². The van der Waals surface area contributed by atoms with Crippen LogP contribution in [0.5, 0.6) is 0 Å². The number of para-hydroxylation sites is 1. The molecule has 90 valence electrons. The van der Waals surface area contributed by atoms with Crippen LogP contribution in [-0.4, -0.2) is 11.5 Å². The lowest BCUT2D eigenvalue weighted by Gasteiger charge is -2.13. The van der Waals surface area contributed by atoms with Crippen LogP contribution >= 0.6 is 0 Å². The van der Waals surface area contributed by atoms with Gasteiger partial charge in [0.05, 0.1) is 23.1 Å². The Morgan fingerprint density at radius 3 is 2.82 bits per heavy atom. The van der Waals surface area contributed by atoms with Crippen molar-refractivity contribution >= 4 is 22.3 Å². The lowest BCUT2D eigenvalue weighted by molar-refractivity contribution is 0.607. The van der Waals surface area contributed by atoms with Crippen molar-refractivity contribution in [3.05, 3.63) is 30.5 Å². The highest BCUT2D eigenvalue weighted by Crippen LogP contribution is 2.27. The zero-order valence-electron chi connectivity index (χ0n) is 10.4. The van der Waals surface area contributed by atoms with Crippen molar-refractivity contribution in [1.82, 2.24) is 4.98 Å². The van der Waals surface area contributed by atoms with Gasteiger partial charge in [0.25, 0.3) is 0 Å². The van der Waals surface area contributed by atoms with Crippen molar-refractivity contribution in [3.8, 4) is 0 Å². The van der Waals surface area contributed by atoms with Crippen LogP contribution in [0.2, 0.25) is 0 Å². The lowest BCUT2D eigenvalue weighted by Crippen LogP contribution is -2.07. The van der Waals surface area contributed by atoms with Crippen LogP contribution in [0, 0.1) is 5.92 Å². The van der Waals surface area contributed by atoms with Crippen molar-refractivity contribution < 1.29 is 0 Å². The molecule has 2 aromatic rings. The van der Waals surface area contributed by atoms with E-state index in [0.29, 0.717) is 11.6 Å². The van der Waals surface area contributed by atoms with Crippen molar-refractivity contribution in [1.29, 1.82) is 0 Å². The molecule has 3 heteroatoms. The van der Waals surface area contributed by atoms with Gasteiger partial charge in [-0.3, -0.25) is 4.98 Å². The van der Waals surface area contributed by atoms with Crippen molar-refractivity contribution in [2.75, 3.05) is 17.6 Å². The van der Waals surface area contributed by atoms with Crippen LogP contribution in [0.15, 0.2) is 30.5 Å². The average Bonchev–Trinajstić information content (AvgIpc) is 2.32. The Morgan fingerprint density at radius 1 is 1.29 bits per heavy atom. The number of pyridine rings is 1. The molecule has 0 unspecified atom stereocenters. The lowest BCUT2D eigenvalue weighted by atomic mass is 10.1. The molecule has 0 aliphatic heterocycles. The molecule has 0 atom stereocenters. The molecule has 0 amide bonds. The minimum Gasteiger partial charge on any atom is -0.396 e. The molecule has 0 spiro atoms. The first-order valence-electron chi connectivity index (χ1n) is 6.05. The third-order valence-electron chi connectivity index (χ3n) is 2.83. The van der Waals surface area contributed by atoms with Gasteiger partial charge in [0, 0.05) is 11.9 Å². The molecule has 0 fully saturated rings. The normalized spacial score (nSPS) is 11.0. The minimum absolute atomic E-state index is 0.692. The van der Waals surface area contributed by atoms with E-state index in [4.69, 9.17) is 5.73 Å². The zero-order valence-corrected chi connectivity index (χ0v) is 10.4. The minimum atomic E-state index is 0.692. The number of benzene rings is 1. The number of hydrogen-bond donors (Lipinski definition) is 2. The Labute approximate surface area is 102 Å². The Balaban J connectivity index is 2.28. The van der Waals surface area contributed by atoms with Crippen molar-refractivity contribution in [2.45, 2.75) is 20.3 Å². The van der Waals surface area contributed by atoms with Crippen LogP contribution < -0.4 is 11.1 Å². The van der Waals surface area contributed by atoms with Gasteiger partial charge in [-0.1, -0.05) is 32.0 Å². The summed E-state index contributed by atoms with van der Waals surface area (Å²) in [5.41, 5.74) is 8.68. The molecule has 1 heterocycles. The molecule has 3 N–H and O–H groups in total. The smallest absolute Gasteiger partial charge is 0.0743 e. The zero-order chi connectivity index (χ0) is 12.3. The fourth-order valence-corrected chi connectivity index (χ4v) is 1.84. The molecule has 0 aliphatic rings. The maximum absolute atomic E-state index is 5.98. The number of aromatic nitrogens is 1. The molecular formula is C14H19N3. The van der Waals surface area contributed by atoms with Gasteiger partial charge in [-0.15, -0.1) is 0 Å². The maximum Gasteiger partial charge on any atom is 0.0743 e. The highest BCUT2D eigenvalue weighted by atomic mass is 14.9. The van der Waals surface area contributed by atoms with E-state index in [-0.39, 0.29) is 0 Å². The highest BCUT2D eigenvalue weighted by Gasteiger charge is 2.05. The van der Waals surface area contributed by atoms with Crippen molar-refractivity contribution in [2.24, 2.45) is 5.92 Å². The maximum atomic E-state index is 5.98. The molecule has 0 radical (unpaired) electrons. The second-order valence-corrected chi connectivity index (χ2v) is 4.71. The van der Waals surface area contributed by atoms with E-state index in [1.54, 1.807) is 6.20 Å². The molecule has 1 aromatic carbocycles. The molecule has 2 rings (SSSR count). The van der Waals surface area contributed by atoms with Gasteiger partial charge in [-0.25, -0.2) is 0 Å². The Bertz CT molecular complexity index is 506. The van der Waals surface area contributed by atoms with Gasteiger partial charge < -0.3 is 11.1 Å². The number of hydrogen-bond acceptors (Lipinski definition) is 3. The first-order chi connectivity index (χ1) is 8.18. The number of nitrogens with two attached hydrogens (primary N) is 1. The topological polar surface area (TPSA) is 50.9 Å². The summed E-state index contributed by atoms with van der Waals surface area (Å²) in [6, 6.07) is 8.05. The summed E-state index contributed by atoms with van der Waals surface area (Å²) >= 11 is 0. The van der Waals surface area contributed by atoms with E-state index in [0.717, 1.165) is 29.6 Å². The highest BCUT2D eigenvalue weighted by molar-refractivity contribution is 5.96. The molecule has 17 heavy (non-hydrogen) atoms. The van der Waals surface area contributed by atoms with Gasteiger partial charge in [-0.2, -0.15) is 0 Å². The second-order valence-electron chi connectivity index (χ2n) is 4.71. The first kappa shape index (κ1) is 11.7. The van der Waals surface area contributed by atoms with Gasteiger partial charge in [0.15, 0.2) is 0 Å². The summed E-state index contributed by atoms with van der Waals surface area (Å²) in [4.78, 5) is 4.32. The first-order valence-corrected chi connectivity index (χ1v) is 6.05. The number of nitrogens with one attached hydrogen (secondary N) is 1. The van der Waals surface area contributed by atoms with Crippen molar-refractivity contribution in [3.63, 3.8) is 0 Å². The summed E-state index contributed by atoms with van der Waals surface area (Å²) in [5.74, 6) is 0.692. The van der Waals surface area contributed by atoms with Crippen LogP contribution in [-0.2, 0) is 0 Å². The number of rotatable bonds is 4. The Hall–Kier alpha value is -1.77. The fourth-order valence-electron chi connectivity index (χ4n) is 1.84. The quantitative estimate of drug-likeness (QED) is 0.846. The molecule has 0 saturated carbocycles. The number of anilines is 2. The summed E-state index contributed by atoms with van der Waals surface area (Å²) in [6.45, 7) is 5.38. The Kier molecular flexibility index (Phi) is 3.47. The number of nitrogen functional groups attached to an aromatic ring is 1. The molecule has 3 nitrogen and oxygen atoms in total. The molecule has 1 aromatic heterocycles. The Morgan fingerprint density at radius 2 is 2.06 bits per heavy atom.